The summed E-state index contributed by atoms with van der Waals surface area (Å²) in [6.07, 6.45) is 0. The summed E-state index contributed by atoms with van der Waals surface area (Å²) in [5.74, 6) is 0.842. The molecule has 0 aliphatic rings. The maximum Gasteiger partial charge on any atom is 0.122 e. The van der Waals surface area contributed by atoms with Crippen molar-refractivity contribution in [2.45, 2.75) is 6.54 Å². The van der Waals surface area contributed by atoms with E-state index in [1.807, 2.05) is 18.2 Å². The highest BCUT2D eigenvalue weighted by Gasteiger charge is 2.00. The van der Waals surface area contributed by atoms with Crippen molar-refractivity contribution >= 4 is 44.2 Å². The van der Waals surface area contributed by atoms with Crippen molar-refractivity contribution in [2.75, 3.05) is 12.4 Å². The van der Waals surface area contributed by atoms with Crippen LogP contribution in [0.25, 0.3) is 0 Å². The van der Waals surface area contributed by atoms with Crippen molar-refractivity contribution in [3.8, 4) is 5.75 Å². The van der Waals surface area contributed by atoms with E-state index in [0.717, 1.165) is 22.5 Å². The number of hydrogen-bond acceptors (Lipinski definition) is 2. The molecule has 0 amide bonds. The van der Waals surface area contributed by atoms with Crippen molar-refractivity contribution < 1.29 is 4.74 Å². The first-order chi connectivity index (χ1) is 8.67. The van der Waals surface area contributed by atoms with E-state index < -0.39 is 0 Å². The van der Waals surface area contributed by atoms with Gasteiger partial charge in [0.2, 0.25) is 0 Å². The summed E-state index contributed by atoms with van der Waals surface area (Å²) in [5.41, 5.74) is 2.30. The number of benzene rings is 2. The molecule has 0 heterocycles. The standard InChI is InChI=1S/C14H13BrINO/c1-18-14-7-11(15)6-13(8-14)17-9-10-2-4-12(16)5-3-10/h2-8,17H,9H2,1H3. The monoisotopic (exact) mass is 417 g/mol. The number of nitrogens with one attached hydrogen (secondary N) is 1. The molecule has 2 nitrogen and oxygen atoms in total. The minimum absolute atomic E-state index is 0.802. The van der Waals surface area contributed by atoms with Crippen LogP contribution in [-0.4, -0.2) is 7.11 Å². The molecule has 18 heavy (non-hydrogen) atoms. The van der Waals surface area contributed by atoms with Gasteiger partial charge in [0.25, 0.3) is 0 Å². The van der Waals surface area contributed by atoms with Gasteiger partial charge in [-0.1, -0.05) is 28.1 Å². The molecule has 1 N–H and O–H groups in total. The Hall–Kier alpha value is -0.750. The number of rotatable bonds is 4. The average Bonchev–Trinajstić information content (AvgIpc) is 2.37. The molecular formula is C14H13BrINO. The molecule has 4 heteroatoms. The molecule has 0 spiro atoms. The van der Waals surface area contributed by atoms with Crippen molar-refractivity contribution in [1.29, 1.82) is 0 Å². The molecule has 2 rings (SSSR count). The second-order valence-corrected chi connectivity index (χ2v) is 6.02. The summed E-state index contributed by atoms with van der Waals surface area (Å²) in [6.45, 7) is 0.802. The van der Waals surface area contributed by atoms with Crippen LogP contribution in [0.1, 0.15) is 5.56 Å². The molecule has 2 aromatic rings. The van der Waals surface area contributed by atoms with Gasteiger partial charge in [-0.15, -0.1) is 0 Å². The summed E-state index contributed by atoms with van der Waals surface area (Å²) in [7, 11) is 1.67. The van der Waals surface area contributed by atoms with Crippen LogP contribution in [0, 0.1) is 3.57 Å². The number of ether oxygens (including phenoxy) is 1. The van der Waals surface area contributed by atoms with Gasteiger partial charge in [-0.2, -0.15) is 0 Å². The highest BCUT2D eigenvalue weighted by atomic mass is 127. The van der Waals surface area contributed by atoms with E-state index in [1.54, 1.807) is 7.11 Å². The third-order valence-corrected chi connectivity index (χ3v) is 3.69. The van der Waals surface area contributed by atoms with Crippen LogP contribution < -0.4 is 10.1 Å². The van der Waals surface area contributed by atoms with Crippen molar-refractivity contribution in [2.24, 2.45) is 0 Å². The van der Waals surface area contributed by atoms with Gasteiger partial charge in [0.1, 0.15) is 5.75 Å². The van der Waals surface area contributed by atoms with Crippen molar-refractivity contribution in [3.63, 3.8) is 0 Å². The SMILES string of the molecule is COc1cc(Br)cc(NCc2ccc(I)cc2)c1. The van der Waals surface area contributed by atoms with Crippen LogP contribution in [0.2, 0.25) is 0 Å². The Balaban J connectivity index is 2.05. The van der Waals surface area contributed by atoms with Gasteiger partial charge in [0.05, 0.1) is 7.11 Å². The Morgan fingerprint density at radius 2 is 1.89 bits per heavy atom. The molecule has 94 valence electrons. The highest BCUT2D eigenvalue weighted by molar-refractivity contribution is 14.1. The van der Waals surface area contributed by atoms with Crippen LogP contribution in [-0.2, 0) is 6.54 Å². The fourth-order valence-electron chi connectivity index (χ4n) is 1.59. The molecule has 0 bridgehead atoms. The lowest BCUT2D eigenvalue weighted by Gasteiger charge is -2.09. The van der Waals surface area contributed by atoms with Crippen LogP contribution in [0.3, 0.4) is 0 Å². The zero-order chi connectivity index (χ0) is 13.0. The minimum atomic E-state index is 0.802. The molecule has 0 saturated carbocycles. The Labute approximate surface area is 129 Å². The predicted molar refractivity (Wildman–Crippen MR) is 87.2 cm³/mol. The van der Waals surface area contributed by atoms with Crippen LogP contribution in [0.15, 0.2) is 46.9 Å². The smallest absolute Gasteiger partial charge is 0.122 e. The molecule has 2 aromatic carbocycles. The Kier molecular flexibility index (Phi) is 4.88. The second-order valence-electron chi connectivity index (χ2n) is 3.86. The molecule has 0 atom stereocenters. The maximum atomic E-state index is 5.23. The largest absolute Gasteiger partial charge is 0.497 e. The second kappa shape index (κ2) is 6.43. The number of anilines is 1. The van der Waals surface area contributed by atoms with E-state index in [1.165, 1.54) is 9.13 Å². The van der Waals surface area contributed by atoms with Crippen molar-refractivity contribution in [1.82, 2.24) is 0 Å². The van der Waals surface area contributed by atoms with Gasteiger partial charge in [-0.25, -0.2) is 0 Å². The predicted octanol–water partition coefficient (Wildman–Crippen LogP) is 4.67. The van der Waals surface area contributed by atoms with Gasteiger partial charge in [0, 0.05) is 26.3 Å². The maximum absolute atomic E-state index is 5.23. The topological polar surface area (TPSA) is 21.3 Å². The zero-order valence-electron chi connectivity index (χ0n) is 9.91. The summed E-state index contributed by atoms with van der Waals surface area (Å²) < 4.78 is 7.49. The van der Waals surface area contributed by atoms with Crippen LogP contribution in [0.4, 0.5) is 5.69 Å². The zero-order valence-corrected chi connectivity index (χ0v) is 13.7. The Bertz CT molecular complexity index is 528. The van der Waals surface area contributed by atoms with E-state index in [-0.39, 0.29) is 0 Å². The molecule has 0 saturated heterocycles. The van der Waals surface area contributed by atoms with Gasteiger partial charge in [0.15, 0.2) is 0 Å². The summed E-state index contributed by atoms with van der Waals surface area (Å²) in [4.78, 5) is 0. The Morgan fingerprint density at radius 1 is 1.17 bits per heavy atom. The van der Waals surface area contributed by atoms with E-state index in [0.29, 0.717) is 0 Å². The molecule has 0 radical (unpaired) electrons. The fraction of sp³-hybridized carbons (Fsp3) is 0.143. The lowest BCUT2D eigenvalue weighted by Crippen LogP contribution is -1.99. The molecule has 0 fully saturated rings. The number of hydrogen-bond donors (Lipinski definition) is 1. The fourth-order valence-corrected chi connectivity index (χ4v) is 2.42. The van der Waals surface area contributed by atoms with E-state index >= 15 is 0 Å². The minimum Gasteiger partial charge on any atom is -0.497 e. The van der Waals surface area contributed by atoms with Gasteiger partial charge < -0.3 is 10.1 Å². The lowest BCUT2D eigenvalue weighted by molar-refractivity contribution is 0.414. The van der Waals surface area contributed by atoms with Gasteiger partial charge in [-0.05, 0) is 52.4 Å². The summed E-state index contributed by atoms with van der Waals surface area (Å²) in [6, 6.07) is 14.4. The molecule has 0 aliphatic heterocycles. The summed E-state index contributed by atoms with van der Waals surface area (Å²) >= 11 is 5.78. The average molecular weight is 418 g/mol. The molecule has 0 aliphatic carbocycles. The van der Waals surface area contributed by atoms with E-state index in [2.05, 4.69) is 68.1 Å². The van der Waals surface area contributed by atoms with E-state index in [9.17, 15) is 0 Å². The van der Waals surface area contributed by atoms with Crippen LogP contribution >= 0.6 is 38.5 Å². The molecule has 0 aromatic heterocycles. The third kappa shape index (κ3) is 3.88. The van der Waals surface area contributed by atoms with Gasteiger partial charge in [-0.3, -0.25) is 0 Å². The lowest BCUT2D eigenvalue weighted by atomic mass is 10.2. The first kappa shape index (κ1) is 13.7. The van der Waals surface area contributed by atoms with Crippen LogP contribution in [0.5, 0.6) is 5.75 Å². The first-order valence-corrected chi connectivity index (χ1v) is 7.37. The molecular weight excluding hydrogens is 405 g/mol. The normalized spacial score (nSPS) is 10.2. The number of halogens is 2. The Morgan fingerprint density at radius 3 is 2.56 bits per heavy atom. The van der Waals surface area contributed by atoms with Gasteiger partial charge >= 0.3 is 0 Å². The third-order valence-electron chi connectivity index (χ3n) is 2.52. The number of methoxy groups -OCH3 is 1. The highest BCUT2D eigenvalue weighted by Crippen LogP contribution is 2.24. The first-order valence-electron chi connectivity index (χ1n) is 5.50. The quantitative estimate of drug-likeness (QED) is 0.729. The molecule has 0 unspecified atom stereocenters. The van der Waals surface area contributed by atoms with Crippen molar-refractivity contribution in [3.05, 3.63) is 56.1 Å². The van der Waals surface area contributed by atoms with E-state index in [4.69, 9.17) is 4.74 Å². The summed E-state index contributed by atoms with van der Waals surface area (Å²) in [5, 5.41) is 3.38.